The monoisotopic (exact) mass is 648 g/mol. The highest BCUT2D eigenvalue weighted by atomic mass is 32.2. The Morgan fingerprint density at radius 1 is 0.698 bits per heavy atom. The zero-order chi connectivity index (χ0) is 30.3. The van der Waals surface area contributed by atoms with Crippen LogP contribution in [0.1, 0.15) is 116 Å². The van der Waals surface area contributed by atoms with Crippen molar-refractivity contribution < 1.29 is 35.3 Å². The molecule has 0 spiro atoms. The fraction of sp³-hybridized carbons (Fsp3) is 0.970. The molecular formula is C33H48F4O4S2. The van der Waals surface area contributed by atoms with E-state index >= 15 is 0 Å². The molecule has 4 nitrogen and oxygen atoms in total. The number of hydrogen-bond donors (Lipinski definition) is 0. The van der Waals surface area contributed by atoms with Crippen molar-refractivity contribution in [1.29, 1.82) is 0 Å². The van der Waals surface area contributed by atoms with Gasteiger partial charge in [-0.05, 0) is 138 Å². The Morgan fingerprint density at radius 2 is 1.37 bits per heavy atom. The van der Waals surface area contributed by atoms with Gasteiger partial charge in [0.25, 0.3) is 0 Å². The maximum absolute atomic E-state index is 14.2. The number of hydrogen-bond acceptors (Lipinski definition) is 4. The minimum absolute atomic E-state index is 0.00803. The van der Waals surface area contributed by atoms with Crippen molar-refractivity contribution >= 4 is 26.8 Å². The van der Waals surface area contributed by atoms with Crippen molar-refractivity contribution in [1.82, 2.24) is 0 Å². The van der Waals surface area contributed by atoms with Crippen LogP contribution in [0.2, 0.25) is 0 Å². The molecule has 8 aliphatic carbocycles. The van der Waals surface area contributed by atoms with Crippen molar-refractivity contribution in [3.05, 3.63) is 0 Å². The number of rotatable bonds is 6. The summed E-state index contributed by atoms with van der Waals surface area (Å²) in [5, 5.41) is -3.15. The Labute approximate surface area is 257 Å². The summed E-state index contributed by atoms with van der Waals surface area (Å²) in [6.07, 6.45) is 21.3. The van der Waals surface area contributed by atoms with Crippen LogP contribution in [-0.2, 0) is 25.8 Å². The normalized spacial score (nSPS) is 44.9. The van der Waals surface area contributed by atoms with E-state index in [2.05, 4.69) is 0 Å². The number of halogens is 4. The Bertz CT molecular complexity index is 1170. The molecule has 12 atom stereocenters. The first-order chi connectivity index (χ1) is 20.4. The Kier molecular flexibility index (Phi) is 8.30. The van der Waals surface area contributed by atoms with Gasteiger partial charge in [0.1, 0.15) is 10.5 Å². The molecule has 6 bridgehead atoms. The summed E-state index contributed by atoms with van der Waals surface area (Å²) in [5.41, 5.74) is 0. The maximum atomic E-state index is 14.2. The predicted octanol–water partition coefficient (Wildman–Crippen LogP) is 7.72. The third-order valence-electron chi connectivity index (χ3n) is 13.7. The average molecular weight is 649 g/mol. The molecule has 244 valence electrons. The van der Waals surface area contributed by atoms with Gasteiger partial charge in [-0.3, -0.25) is 4.79 Å². The van der Waals surface area contributed by atoms with Gasteiger partial charge in [0.2, 0.25) is 0 Å². The van der Waals surface area contributed by atoms with E-state index in [1.807, 2.05) is 0 Å². The topological polar surface area (TPSA) is 74.3 Å². The van der Waals surface area contributed by atoms with Crippen LogP contribution in [0.15, 0.2) is 0 Å². The Morgan fingerprint density at radius 3 is 2.00 bits per heavy atom. The van der Waals surface area contributed by atoms with E-state index in [4.69, 9.17) is 0 Å². The summed E-state index contributed by atoms with van der Waals surface area (Å²) in [6, 6.07) is 0. The average Bonchev–Trinajstić information content (AvgIpc) is 3.82. The van der Waals surface area contributed by atoms with Gasteiger partial charge in [-0.15, -0.1) is 0 Å². The molecule has 0 amide bonds. The number of carbonyl (C=O) groups is 1. The largest absolute Gasteiger partial charge is 0.743 e. The molecule has 8 saturated carbocycles. The Balaban J connectivity index is 0.000000140. The van der Waals surface area contributed by atoms with Crippen LogP contribution < -0.4 is 0 Å². The second-order valence-corrected chi connectivity index (χ2v) is 19.7. The van der Waals surface area contributed by atoms with Crippen LogP contribution >= 0.6 is 0 Å². The zero-order valence-electron chi connectivity index (χ0n) is 25.1. The fourth-order valence-corrected chi connectivity index (χ4v) is 16.9. The summed E-state index contributed by atoms with van der Waals surface area (Å²) < 4.78 is 87.5. The number of Topliss-reactive ketones (excluding diaryl/α,β-unsaturated/α-hetero) is 1. The molecule has 10 heteroatoms. The molecule has 12 unspecified atom stereocenters. The van der Waals surface area contributed by atoms with E-state index in [1.165, 1.54) is 77.0 Å². The first kappa shape index (κ1) is 31.3. The van der Waals surface area contributed by atoms with E-state index in [1.54, 1.807) is 0 Å². The highest BCUT2D eigenvalue weighted by Crippen LogP contribution is 2.71. The summed E-state index contributed by atoms with van der Waals surface area (Å²) in [7, 11) is -5.93. The molecule has 8 rings (SSSR count). The van der Waals surface area contributed by atoms with Gasteiger partial charge in [-0.1, -0.05) is 6.42 Å². The van der Waals surface area contributed by atoms with E-state index in [9.17, 15) is 35.3 Å². The number of alkyl halides is 4. The predicted molar refractivity (Wildman–Crippen MR) is 158 cm³/mol. The highest BCUT2D eigenvalue weighted by molar-refractivity contribution is 7.99. The molecule has 0 aromatic carbocycles. The van der Waals surface area contributed by atoms with E-state index < -0.39 is 33.1 Å². The van der Waals surface area contributed by atoms with Crippen LogP contribution in [-0.4, -0.2) is 45.7 Å². The lowest BCUT2D eigenvalue weighted by atomic mass is 9.66. The maximum Gasteiger partial charge on any atom is 0.396 e. The molecule has 43 heavy (non-hydrogen) atoms. The molecular weight excluding hydrogens is 600 g/mol. The van der Waals surface area contributed by atoms with E-state index in [-0.39, 0.29) is 18.3 Å². The second-order valence-electron chi connectivity index (χ2n) is 15.7. The lowest BCUT2D eigenvalue weighted by Crippen LogP contribution is -2.54. The van der Waals surface area contributed by atoms with Crippen molar-refractivity contribution in [2.75, 3.05) is 0 Å². The molecule has 0 aromatic heterocycles. The van der Waals surface area contributed by atoms with Gasteiger partial charge >= 0.3 is 11.2 Å². The van der Waals surface area contributed by atoms with E-state index in [0.29, 0.717) is 46.1 Å². The minimum atomic E-state index is -6.38. The first-order valence-corrected chi connectivity index (χ1v) is 20.1. The molecule has 0 saturated heterocycles. The quantitative estimate of drug-likeness (QED) is 0.128. The molecule has 8 fully saturated rings. The summed E-state index contributed by atoms with van der Waals surface area (Å²) in [6.45, 7) is 0. The van der Waals surface area contributed by atoms with Gasteiger partial charge < -0.3 is 4.55 Å². The number of ketones is 1. The Hall–Kier alpha value is -0.350. The van der Waals surface area contributed by atoms with Crippen LogP contribution in [0.5, 0.6) is 0 Å². The molecule has 0 heterocycles. The van der Waals surface area contributed by atoms with Gasteiger partial charge in [0.15, 0.2) is 21.2 Å². The summed E-state index contributed by atoms with van der Waals surface area (Å²) >= 11 is 0. The van der Waals surface area contributed by atoms with Crippen LogP contribution in [0.3, 0.4) is 0 Å². The third-order valence-corrected chi connectivity index (χ3v) is 18.3. The smallest absolute Gasteiger partial charge is 0.396 e. The molecule has 0 aromatic rings. The van der Waals surface area contributed by atoms with Crippen molar-refractivity contribution in [3.8, 4) is 0 Å². The molecule has 0 aliphatic heterocycles. The lowest BCUT2D eigenvalue weighted by molar-refractivity contribution is -0.210. The zero-order valence-corrected chi connectivity index (χ0v) is 26.8. The van der Waals surface area contributed by atoms with Gasteiger partial charge in [-0.25, -0.2) is 8.42 Å². The van der Waals surface area contributed by atoms with Gasteiger partial charge in [-0.2, -0.15) is 17.6 Å². The second kappa shape index (κ2) is 11.4. The highest BCUT2D eigenvalue weighted by Gasteiger charge is 2.73. The lowest BCUT2D eigenvalue weighted by Gasteiger charge is -2.43. The van der Waals surface area contributed by atoms with Gasteiger partial charge in [0, 0.05) is 35.6 Å². The van der Waals surface area contributed by atoms with Crippen molar-refractivity contribution in [2.24, 2.45) is 53.3 Å². The van der Waals surface area contributed by atoms with Crippen molar-refractivity contribution in [3.63, 3.8) is 0 Å². The minimum Gasteiger partial charge on any atom is -0.743 e. The molecule has 0 radical (unpaired) electrons. The van der Waals surface area contributed by atoms with Crippen LogP contribution in [0, 0.1) is 53.3 Å². The first-order valence-electron chi connectivity index (χ1n) is 17.3. The fourth-order valence-electron chi connectivity index (χ4n) is 12.2. The number of fused-ring (bicyclic) bond motifs is 11. The van der Waals surface area contributed by atoms with E-state index in [0.717, 1.165) is 48.0 Å². The van der Waals surface area contributed by atoms with Crippen LogP contribution in [0.4, 0.5) is 17.6 Å². The molecule has 8 aliphatic rings. The summed E-state index contributed by atoms with van der Waals surface area (Å²) in [4.78, 5) is 12.6. The SMILES string of the molecule is O=C1CCCCC1[S+](C1CCCCC1)C1CC2CCC1C2.O=S(=O)([O-])C(F)(F)C(F)(F)C1CC2CC1C1C3CCC(C3)C21. The van der Waals surface area contributed by atoms with Crippen LogP contribution in [0.25, 0.3) is 0 Å². The third kappa shape index (κ3) is 5.16. The van der Waals surface area contributed by atoms with Crippen molar-refractivity contribution in [2.45, 2.75) is 143 Å². The number of carbonyl (C=O) groups excluding carboxylic acids is 1. The van der Waals surface area contributed by atoms with Gasteiger partial charge in [0.05, 0.1) is 0 Å². The molecule has 0 N–H and O–H groups in total. The standard InChI is InChI=1S/C19H31OS.C14H18F4O3S/c20-17-8-4-5-9-18(17)21(16-6-2-1-3-7-16)19-13-14-10-11-15(19)12-14;15-13(16,14(17,18)22(19,20)21)10-5-8-4-9(10)12-7-2-1-6(3-7)11(8)12/h14-16,18-19H,1-13H2;6-12H,1-5H2,(H,19,20,21)/q+1;/p-1. The summed E-state index contributed by atoms with van der Waals surface area (Å²) in [5.74, 6) is -3.09.